The van der Waals surface area contributed by atoms with Crippen LogP contribution in [0.25, 0.3) is 0 Å². The Balaban J connectivity index is 2.26. The van der Waals surface area contributed by atoms with E-state index in [4.69, 9.17) is 0 Å². The van der Waals surface area contributed by atoms with Gasteiger partial charge in [-0.15, -0.1) is 0 Å². The van der Waals surface area contributed by atoms with E-state index in [1.807, 2.05) is 0 Å². The molecule has 1 fully saturated rings. The minimum atomic E-state index is 0.780. The second-order valence-corrected chi connectivity index (χ2v) is 4.82. The van der Waals surface area contributed by atoms with Crippen molar-refractivity contribution in [3.05, 3.63) is 35.4 Å². The number of rotatable bonds is 3. The predicted octanol–water partition coefficient (Wildman–Crippen LogP) is 3.35. The highest BCUT2D eigenvalue weighted by Crippen LogP contribution is 2.34. The van der Waals surface area contributed by atoms with Crippen molar-refractivity contribution in [1.29, 1.82) is 0 Å². The van der Waals surface area contributed by atoms with E-state index >= 15 is 0 Å². The molecule has 1 saturated heterocycles. The molecule has 1 heteroatoms. The van der Waals surface area contributed by atoms with E-state index < -0.39 is 0 Å². The molecule has 2 rings (SSSR count). The summed E-state index contributed by atoms with van der Waals surface area (Å²) in [5.74, 6) is 1.60. The summed E-state index contributed by atoms with van der Waals surface area (Å²) < 4.78 is 0. The van der Waals surface area contributed by atoms with Crippen LogP contribution in [0.4, 0.5) is 0 Å². The van der Waals surface area contributed by atoms with Gasteiger partial charge in [0, 0.05) is 0 Å². The van der Waals surface area contributed by atoms with Gasteiger partial charge in [0.1, 0.15) is 0 Å². The maximum atomic E-state index is 3.52. The van der Waals surface area contributed by atoms with E-state index in [2.05, 4.69) is 43.4 Å². The molecule has 0 amide bonds. The van der Waals surface area contributed by atoms with E-state index in [-0.39, 0.29) is 0 Å². The van der Waals surface area contributed by atoms with Gasteiger partial charge in [0.15, 0.2) is 0 Å². The van der Waals surface area contributed by atoms with Gasteiger partial charge in [0.05, 0.1) is 0 Å². The Labute approximate surface area is 99.3 Å². The van der Waals surface area contributed by atoms with Gasteiger partial charge < -0.3 is 5.32 Å². The van der Waals surface area contributed by atoms with Crippen LogP contribution in [0.1, 0.15) is 43.7 Å². The van der Waals surface area contributed by atoms with Crippen molar-refractivity contribution >= 4 is 0 Å². The molecular weight excluding hydrogens is 194 g/mol. The molecule has 1 aromatic rings. The van der Waals surface area contributed by atoms with Crippen molar-refractivity contribution in [2.24, 2.45) is 5.92 Å². The lowest BCUT2D eigenvalue weighted by molar-refractivity contribution is 0.317. The molecule has 0 spiro atoms. The second kappa shape index (κ2) is 5.49. The van der Waals surface area contributed by atoms with Crippen molar-refractivity contribution in [3.8, 4) is 0 Å². The van der Waals surface area contributed by atoms with Crippen LogP contribution in [0.15, 0.2) is 24.3 Å². The lowest BCUT2D eigenvalue weighted by atomic mass is 9.78. The van der Waals surface area contributed by atoms with E-state index in [9.17, 15) is 0 Å². The van der Waals surface area contributed by atoms with E-state index in [1.54, 1.807) is 11.1 Å². The van der Waals surface area contributed by atoms with E-state index in [1.165, 1.54) is 25.9 Å². The number of aryl methyl sites for hydroxylation is 1. The summed E-state index contributed by atoms with van der Waals surface area (Å²) in [4.78, 5) is 0. The Morgan fingerprint density at radius 1 is 1.25 bits per heavy atom. The Hall–Kier alpha value is -0.820. The van der Waals surface area contributed by atoms with Crippen molar-refractivity contribution < 1.29 is 0 Å². The molecule has 88 valence electrons. The molecule has 1 N–H and O–H groups in total. The number of hydrogen-bond acceptors (Lipinski definition) is 1. The first-order valence-electron chi connectivity index (χ1n) is 6.65. The fourth-order valence-electron chi connectivity index (χ4n) is 2.98. The Kier molecular flexibility index (Phi) is 4.00. The van der Waals surface area contributed by atoms with E-state index in [0.717, 1.165) is 18.3 Å². The molecule has 0 saturated carbocycles. The van der Waals surface area contributed by atoms with Gasteiger partial charge in [0.25, 0.3) is 0 Å². The third-order valence-electron chi connectivity index (χ3n) is 3.97. The van der Waals surface area contributed by atoms with Crippen molar-refractivity contribution in [1.82, 2.24) is 5.32 Å². The maximum absolute atomic E-state index is 3.52. The topological polar surface area (TPSA) is 12.0 Å². The summed E-state index contributed by atoms with van der Waals surface area (Å²) >= 11 is 0. The Morgan fingerprint density at radius 2 is 2.06 bits per heavy atom. The highest BCUT2D eigenvalue weighted by molar-refractivity contribution is 5.31. The number of piperidine rings is 1. The van der Waals surface area contributed by atoms with Crippen molar-refractivity contribution in [3.63, 3.8) is 0 Å². The maximum Gasteiger partial charge on any atom is -0.00148 e. The normalized spacial score (nSPS) is 25.6. The molecule has 0 radical (unpaired) electrons. The summed E-state index contributed by atoms with van der Waals surface area (Å²) in [5, 5.41) is 3.52. The molecule has 1 aliphatic rings. The molecule has 1 heterocycles. The van der Waals surface area contributed by atoms with Gasteiger partial charge in [-0.25, -0.2) is 0 Å². The lowest BCUT2D eigenvalue weighted by Gasteiger charge is -2.33. The number of benzene rings is 1. The fraction of sp³-hybridized carbons (Fsp3) is 0.600. The van der Waals surface area contributed by atoms with Crippen molar-refractivity contribution in [2.75, 3.05) is 13.1 Å². The highest BCUT2D eigenvalue weighted by Gasteiger charge is 2.25. The molecule has 16 heavy (non-hydrogen) atoms. The van der Waals surface area contributed by atoms with Gasteiger partial charge in [-0.05, 0) is 48.9 Å². The van der Waals surface area contributed by atoms with E-state index in [0.29, 0.717) is 0 Å². The third kappa shape index (κ3) is 2.30. The molecule has 1 aromatic carbocycles. The minimum Gasteiger partial charge on any atom is -0.316 e. The van der Waals surface area contributed by atoms with Gasteiger partial charge in [0.2, 0.25) is 0 Å². The quantitative estimate of drug-likeness (QED) is 0.818. The zero-order chi connectivity index (χ0) is 11.4. The average molecular weight is 217 g/mol. The van der Waals surface area contributed by atoms with Crippen molar-refractivity contribution in [2.45, 2.75) is 39.0 Å². The number of hydrogen-bond donors (Lipinski definition) is 1. The van der Waals surface area contributed by atoms with Gasteiger partial charge in [-0.1, -0.05) is 44.5 Å². The minimum absolute atomic E-state index is 0.780. The van der Waals surface area contributed by atoms with Crippen LogP contribution in [-0.2, 0) is 6.42 Å². The average Bonchev–Trinajstić information content (AvgIpc) is 2.38. The first-order valence-corrected chi connectivity index (χ1v) is 6.65. The summed E-state index contributed by atoms with van der Waals surface area (Å²) in [6, 6.07) is 9.01. The smallest absolute Gasteiger partial charge is 0.00148 e. The first-order chi connectivity index (χ1) is 7.86. The van der Waals surface area contributed by atoms with Crippen LogP contribution >= 0.6 is 0 Å². The largest absolute Gasteiger partial charge is 0.316 e. The summed E-state index contributed by atoms with van der Waals surface area (Å²) in [5.41, 5.74) is 3.16. The molecule has 1 aliphatic heterocycles. The lowest BCUT2D eigenvalue weighted by Crippen LogP contribution is -2.35. The van der Waals surface area contributed by atoms with Crippen LogP contribution in [0, 0.1) is 5.92 Å². The second-order valence-electron chi connectivity index (χ2n) is 4.82. The van der Waals surface area contributed by atoms with Crippen LogP contribution < -0.4 is 5.32 Å². The molecule has 0 aromatic heterocycles. The van der Waals surface area contributed by atoms with Gasteiger partial charge in [-0.2, -0.15) is 0 Å². The van der Waals surface area contributed by atoms with Crippen LogP contribution in [0.5, 0.6) is 0 Å². The fourth-order valence-corrected chi connectivity index (χ4v) is 2.98. The van der Waals surface area contributed by atoms with Crippen LogP contribution in [0.2, 0.25) is 0 Å². The summed E-state index contributed by atoms with van der Waals surface area (Å²) in [7, 11) is 0. The van der Waals surface area contributed by atoms with Crippen LogP contribution in [0.3, 0.4) is 0 Å². The molecule has 2 atom stereocenters. The zero-order valence-electron chi connectivity index (χ0n) is 10.5. The Bertz CT molecular complexity index is 332. The zero-order valence-corrected chi connectivity index (χ0v) is 10.5. The molecule has 0 bridgehead atoms. The van der Waals surface area contributed by atoms with Gasteiger partial charge in [-0.3, -0.25) is 0 Å². The molecular formula is C15H23N. The monoisotopic (exact) mass is 217 g/mol. The predicted molar refractivity (Wildman–Crippen MR) is 69.8 cm³/mol. The molecule has 2 unspecified atom stereocenters. The van der Waals surface area contributed by atoms with Crippen LogP contribution in [-0.4, -0.2) is 13.1 Å². The molecule has 0 aliphatic carbocycles. The molecule has 1 nitrogen and oxygen atoms in total. The summed E-state index contributed by atoms with van der Waals surface area (Å²) in [6.07, 6.45) is 3.75. The number of nitrogens with one attached hydrogen (secondary N) is 1. The standard InChI is InChI=1S/C15H23N/c1-3-12-7-5-6-8-14(12)15-9-10-16-11-13(15)4-2/h5-8,13,15-16H,3-4,9-11H2,1-2H3. The van der Waals surface area contributed by atoms with Gasteiger partial charge >= 0.3 is 0 Å². The third-order valence-corrected chi connectivity index (χ3v) is 3.97. The first kappa shape index (κ1) is 11.7. The SMILES string of the molecule is CCc1ccccc1C1CCNCC1CC. The highest BCUT2D eigenvalue weighted by atomic mass is 14.9. The summed E-state index contributed by atoms with van der Waals surface area (Å²) in [6.45, 7) is 6.96. The Morgan fingerprint density at radius 3 is 2.81 bits per heavy atom.